The summed E-state index contributed by atoms with van der Waals surface area (Å²) in [5.41, 5.74) is 0.248. The van der Waals surface area contributed by atoms with E-state index in [1.807, 2.05) is 11.9 Å². The van der Waals surface area contributed by atoms with E-state index in [0.29, 0.717) is 13.1 Å². The van der Waals surface area contributed by atoms with Gasteiger partial charge in [0.25, 0.3) is 0 Å². The number of nitrogens with one attached hydrogen (secondary N) is 4. The van der Waals surface area contributed by atoms with Crippen LogP contribution in [-0.2, 0) is 0 Å². The first-order chi connectivity index (χ1) is 9.95. The first-order valence-corrected chi connectivity index (χ1v) is 6.55. The van der Waals surface area contributed by atoms with Crippen LogP contribution in [-0.4, -0.2) is 54.9 Å². The predicted molar refractivity (Wildman–Crippen MR) is 77.6 cm³/mol. The Morgan fingerprint density at radius 3 is 2.38 bits per heavy atom. The van der Waals surface area contributed by atoms with Crippen LogP contribution in [0.5, 0.6) is 0 Å². The van der Waals surface area contributed by atoms with Gasteiger partial charge in [0.15, 0.2) is 23.6 Å². The highest BCUT2D eigenvalue weighted by Gasteiger charge is 2.17. The van der Waals surface area contributed by atoms with Crippen molar-refractivity contribution in [3.05, 3.63) is 29.8 Å². The van der Waals surface area contributed by atoms with Crippen LogP contribution >= 0.6 is 0 Å². The van der Waals surface area contributed by atoms with Crippen LogP contribution in [0, 0.1) is 22.5 Å². The fraction of sp³-hybridized carbons (Fsp3) is 0.385. The highest BCUT2D eigenvalue weighted by atomic mass is 19.2. The maximum absolute atomic E-state index is 13.1. The van der Waals surface area contributed by atoms with E-state index in [4.69, 9.17) is 10.8 Å². The Kier molecular flexibility index (Phi) is 4.69. The van der Waals surface area contributed by atoms with Gasteiger partial charge in [-0.3, -0.25) is 16.1 Å². The van der Waals surface area contributed by atoms with E-state index >= 15 is 0 Å². The van der Waals surface area contributed by atoms with Crippen LogP contribution in [0.1, 0.15) is 0 Å². The molecular weight excluding hydrogens is 278 g/mol. The average Bonchev–Trinajstić information content (AvgIpc) is 2.43. The maximum Gasteiger partial charge on any atom is 0.199 e. The summed E-state index contributed by atoms with van der Waals surface area (Å²) >= 11 is 0. The number of rotatable bonds is 1. The topological polar surface area (TPSA) is 78.2 Å². The lowest BCUT2D eigenvalue weighted by Gasteiger charge is -2.34. The largest absolute Gasteiger partial charge is 0.340 e. The molecule has 0 saturated carbocycles. The molecule has 0 atom stereocenters. The summed E-state index contributed by atoms with van der Waals surface area (Å²) in [4.78, 5) is 3.98. The van der Waals surface area contributed by atoms with Crippen molar-refractivity contribution in [2.75, 3.05) is 38.5 Å². The lowest BCUT2D eigenvalue weighted by atomic mass is 10.3. The molecular formula is C13H18F2N6. The van der Waals surface area contributed by atoms with Crippen molar-refractivity contribution in [3.63, 3.8) is 0 Å². The maximum atomic E-state index is 13.1. The molecule has 2 rings (SSSR count). The van der Waals surface area contributed by atoms with E-state index in [1.54, 1.807) is 0 Å². The minimum Gasteiger partial charge on any atom is -0.340 e. The predicted octanol–water partition coefficient (Wildman–Crippen LogP) is 1.08. The van der Waals surface area contributed by atoms with E-state index in [2.05, 4.69) is 15.5 Å². The third-order valence-electron chi connectivity index (χ3n) is 3.25. The smallest absolute Gasteiger partial charge is 0.199 e. The lowest BCUT2D eigenvalue weighted by Crippen LogP contribution is -2.52. The van der Waals surface area contributed by atoms with Gasteiger partial charge in [0, 0.05) is 37.9 Å². The minimum absolute atomic E-state index is 0.114. The second kappa shape index (κ2) is 6.49. The van der Waals surface area contributed by atoms with E-state index in [-0.39, 0.29) is 17.6 Å². The van der Waals surface area contributed by atoms with Gasteiger partial charge in [0.05, 0.1) is 0 Å². The van der Waals surface area contributed by atoms with Crippen LogP contribution < -0.4 is 10.6 Å². The van der Waals surface area contributed by atoms with Crippen molar-refractivity contribution in [2.24, 2.45) is 0 Å². The van der Waals surface area contributed by atoms with Crippen LogP contribution in [0.4, 0.5) is 14.5 Å². The number of likely N-dealkylation sites (N-methyl/N-ethyl adjacent to an activating group) is 1. The van der Waals surface area contributed by atoms with Crippen molar-refractivity contribution in [1.82, 2.24) is 15.1 Å². The molecule has 0 aromatic heterocycles. The van der Waals surface area contributed by atoms with Gasteiger partial charge in [-0.25, -0.2) is 8.78 Å². The molecule has 0 aliphatic carbocycles. The van der Waals surface area contributed by atoms with Gasteiger partial charge in [-0.05, 0) is 19.2 Å². The molecule has 21 heavy (non-hydrogen) atoms. The number of hydrogen-bond donors (Lipinski definition) is 4. The number of guanidine groups is 2. The van der Waals surface area contributed by atoms with Gasteiger partial charge >= 0.3 is 0 Å². The van der Waals surface area contributed by atoms with Crippen molar-refractivity contribution >= 4 is 17.6 Å². The van der Waals surface area contributed by atoms with Crippen LogP contribution in [0.3, 0.4) is 0 Å². The van der Waals surface area contributed by atoms with Crippen molar-refractivity contribution in [1.29, 1.82) is 10.8 Å². The summed E-state index contributed by atoms with van der Waals surface area (Å²) in [5, 5.41) is 20.8. The molecule has 0 radical (unpaired) electrons. The Morgan fingerprint density at radius 1 is 1.10 bits per heavy atom. The Labute approximate surface area is 121 Å². The Hall–Kier alpha value is -2.22. The molecule has 1 aromatic carbocycles. The molecule has 8 heteroatoms. The quantitative estimate of drug-likeness (QED) is 0.462. The molecule has 1 aliphatic rings. The molecule has 1 aromatic rings. The molecule has 6 nitrogen and oxygen atoms in total. The molecule has 1 heterocycles. The van der Waals surface area contributed by atoms with Gasteiger partial charge < -0.3 is 15.1 Å². The number of piperazine rings is 1. The molecule has 0 unspecified atom stereocenters. The van der Waals surface area contributed by atoms with Crippen LogP contribution in [0.25, 0.3) is 0 Å². The number of benzene rings is 1. The molecule has 0 spiro atoms. The van der Waals surface area contributed by atoms with Gasteiger partial charge in [-0.15, -0.1) is 0 Å². The highest BCUT2D eigenvalue weighted by Crippen LogP contribution is 2.12. The summed E-state index contributed by atoms with van der Waals surface area (Å²) < 4.78 is 25.9. The summed E-state index contributed by atoms with van der Waals surface area (Å²) in [7, 11) is 2.01. The summed E-state index contributed by atoms with van der Waals surface area (Å²) in [6.45, 7) is 3.13. The van der Waals surface area contributed by atoms with Gasteiger partial charge in [-0.2, -0.15) is 0 Å². The van der Waals surface area contributed by atoms with Gasteiger partial charge in [0.2, 0.25) is 0 Å². The number of anilines is 1. The first-order valence-electron chi connectivity index (χ1n) is 6.55. The molecule has 4 N–H and O–H groups in total. The third kappa shape index (κ3) is 4.12. The van der Waals surface area contributed by atoms with Crippen molar-refractivity contribution < 1.29 is 8.78 Å². The number of nitrogens with zero attached hydrogens (tertiary/aromatic N) is 2. The van der Waals surface area contributed by atoms with Crippen LogP contribution in [0.15, 0.2) is 18.2 Å². The van der Waals surface area contributed by atoms with Crippen LogP contribution in [0.2, 0.25) is 0 Å². The normalized spacial score (nSPS) is 15.7. The van der Waals surface area contributed by atoms with Crippen molar-refractivity contribution in [3.8, 4) is 0 Å². The standard InChI is InChI=1S/C13H18F2N6/c1-20-4-6-21(7-5-20)13(17)19-12(16)18-9-2-3-10(14)11(15)8-9/h2-3,8H,4-7H2,1H3,(H4,16,17,18,19). The molecule has 1 aliphatic heterocycles. The molecule has 1 saturated heterocycles. The monoisotopic (exact) mass is 296 g/mol. The zero-order chi connectivity index (χ0) is 15.4. The van der Waals surface area contributed by atoms with E-state index in [0.717, 1.165) is 25.2 Å². The van der Waals surface area contributed by atoms with E-state index in [1.165, 1.54) is 6.07 Å². The first kappa shape index (κ1) is 15.2. The average molecular weight is 296 g/mol. The Bertz CT molecular complexity index is 539. The fourth-order valence-electron chi connectivity index (χ4n) is 1.98. The molecule has 0 amide bonds. The number of hydrogen-bond acceptors (Lipinski definition) is 3. The van der Waals surface area contributed by atoms with Gasteiger partial charge in [-0.1, -0.05) is 0 Å². The van der Waals surface area contributed by atoms with Crippen molar-refractivity contribution in [2.45, 2.75) is 0 Å². The second-order valence-electron chi connectivity index (χ2n) is 4.89. The summed E-state index contributed by atoms with van der Waals surface area (Å²) in [6, 6.07) is 3.27. The summed E-state index contributed by atoms with van der Waals surface area (Å²) in [5.74, 6) is -1.97. The Morgan fingerprint density at radius 2 is 1.76 bits per heavy atom. The molecule has 0 bridgehead atoms. The minimum atomic E-state index is -0.984. The fourth-order valence-corrected chi connectivity index (χ4v) is 1.98. The zero-order valence-corrected chi connectivity index (χ0v) is 11.7. The number of halogens is 2. The third-order valence-corrected chi connectivity index (χ3v) is 3.25. The van der Waals surface area contributed by atoms with E-state index in [9.17, 15) is 8.78 Å². The second-order valence-corrected chi connectivity index (χ2v) is 4.89. The Balaban J connectivity index is 1.86. The molecule has 114 valence electrons. The lowest BCUT2D eigenvalue weighted by molar-refractivity contribution is 0.212. The van der Waals surface area contributed by atoms with E-state index < -0.39 is 11.6 Å². The van der Waals surface area contributed by atoms with Gasteiger partial charge in [0.1, 0.15) is 0 Å². The zero-order valence-electron chi connectivity index (χ0n) is 11.7. The molecule has 1 fully saturated rings. The highest BCUT2D eigenvalue weighted by molar-refractivity contribution is 6.02. The summed E-state index contributed by atoms with van der Waals surface area (Å²) in [6.07, 6.45) is 0. The SMILES string of the molecule is CN1CCN(C(=N)NC(=N)Nc2ccc(F)c(F)c2)CC1.